The molecule has 3 saturated heterocycles. The number of aromatic nitrogens is 3. The van der Waals surface area contributed by atoms with E-state index >= 15 is 0 Å². The Hall–Kier alpha value is -3.67. The summed E-state index contributed by atoms with van der Waals surface area (Å²) in [5.74, 6) is 2.79. The number of hydrogen-bond donors (Lipinski definition) is 1. The van der Waals surface area contributed by atoms with Gasteiger partial charge in [0.2, 0.25) is 17.8 Å². The molecule has 0 unspecified atom stereocenters. The number of carbonyl (C=O) groups is 1. The summed E-state index contributed by atoms with van der Waals surface area (Å²) in [5.41, 5.74) is 3.80. The van der Waals surface area contributed by atoms with Gasteiger partial charge in [-0.1, -0.05) is 0 Å². The molecule has 2 aromatic rings. The highest BCUT2D eigenvalue weighted by Gasteiger charge is 2.21. The van der Waals surface area contributed by atoms with Gasteiger partial charge in [-0.3, -0.25) is 4.79 Å². The van der Waals surface area contributed by atoms with Crippen LogP contribution in [0.2, 0.25) is 0 Å². The fourth-order valence-electron chi connectivity index (χ4n) is 4.97. The molecular formula is C27H38N8O4. The number of rotatable bonds is 9. The third kappa shape index (κ3) is 7.25. The Morgan fingerprint density at radius 1 is 0.923 bits per heavy atom. The Labute approximate surface area is 229 Å². The van der Waals surface area contributed by atoms with Crippen molar-refractivity contribution in [1.29, 1.82) is 0 Å². The second-order valence-electron chi connectivity index (χ2n) is 9.92. The van der Waals surface area contributed by atoms with Crippen LogP contribution in [-0.2, 0) is 9.53 Å². The fourth-order valence-corrected chi connectivity index (χ4v) is 4.97. The number of ether oxygens (including phenoxy) is 3. The Morgan fingerprint density at radius 2 is 1.56 bits per heavy atom. The molecule has 12 nitrogen and oxygen atoms in total. The van der Waals surface area contributed by atoms with Crippen molar-refractivity contribution < 1.29 is 19.0 Å². The molecule has 0 saturated carbocycles. The zero-order valence-electron chi connectivity index (χ0n) is 22.7. The van der Waals surface area contributed by atoms with E-state index < -0.39 is 0 Å². The summed E-state index contributed by atoms with van der Waals surface area (Å²) < 4.78 is 16.6. The van der Waals surface area contributed by atoms with Gasteiger partial charge < -0.3 is 28.9 Å². The van der Waals surface area contributed by atoms with Crippen molar-refractivity contribution in [3.05, 3.63) is 23.8 Å². The van der Waals surface area contributed by atoms with Crippen LogP contribution in [0.4, 0.5) is 17.8 Å². The molecule has 5 rings (SSSR count). The molecule has 0 atom stereocenters. The van der Waals surface area contributed by atoms with Crippen LogP contribution < -0.4 is 24.7 Å². The SMILES string of the molecule is COc1cc(C=NNc2nc(N3CCCCC3)nc(N3CCCCC3)n2)ccc1OCC(=O)N1CCOCC1. The first-order valence-electron chi connectivity index (χ1n) is 13.9. The number of hydrazone groups is 1. The van der Waals surface area contributed by atoms with Crippen LogP contribution in [0.1, 0.15) is 44.1 Å². The number of benzene rings is 1. The summed E-state index contributed by atoms with van der Waals surface area (Å²) in [6, 6.07) is 5.44. The monoisotopic (exact) mass is 538 g/mol. The fraction of sp³-hybridized carbons (Fsp3) is 0.593. The average molecular weight is 539 g/mol. The van der Waals surface area contributed by atoms with Gasteiger partial charge in [0.05, 0.1) is 26.5 Å². The van der Waals surface area contributed by atoms with Gasteiger partial charge in [0, 0.05) is 39.3 Å². The normalized spacial score (nSPS) is 18.3. The summed E-state index contributed by atoms with van der Waals surface area (Å²) in [7, 11) is 1.57. The van der Waals surface area contributed by atoms with Crippen LogP contribution in [0.3, 0.4) is 0 Å². The molecule has 3 aliphatic rings. The van der Waals surface area contributed by atoms with Gasteiger partial charge in [0.1, 0.15) is 0 Å². The van der Waals surface area contributed by atoms with Crippen LogP contribution in [0.15, 0.2) is 23.3 Å². The topological polar surface area (TPSA) is 118 Å². The smallest absolute Gasteiger partial charge is 0.260 e. The number of nitrogens with zero attached hydrogens (tertiary/aromatic N) is 7. The first-order chi connectivity index (χ1) is 19.2. The van der Waals surface area contributed by atoms with Crippen molar-refractivity contribution in [3.63, 3.8) is 0 Å². The second kappa shape index (κ2) is 13.4. The predicted octanol–water partition coefficient (Wildman–Crippen LogP) is 2.54. The Morgan fingerprint density at radius 3 is 2.18 bits per heavy atom. The quantitative estimate of drug-likeness (QED) is 0.377. The molecule has 1 aromatic carbocycles. The number of carbonyl (C=O) groups excluding carboxylic acids is 1. The van der Waals surface area contributed by atoms with Crippen molar-refractivity contribution in [2.24, 2.45) is 5.10 Å². The Kier molecular flexibility index (Phi) is 9.26. The second-order valence-corrected chi connectivity index (χ2v) is 9.92. The molecule has 12 heteroatoms. The minimum atomic E-state index is -0.0691. The van der Waals surface area contributed by atoms with Gasteiger partial charge in [-0.15, -0.1) is 0 Å². The molecule has 4 heterocycles. The van der Waals surface area contributed by atoms with Crippen LogP contribution in [-0.4, -0.2) is 98.2 Å². The van der Waals surface area contributed by atoms with Crippen LogP contribution in [0, 0.1) is 0 Å². The average Bonchev–Trinajstić information content (AvgIpc) is 3.01. The van der Waals surface area contributed by atoms with Crippen molar-refractivity contribution in [3.8, 4) is 11.5 Å². The van der Waals surface area contributed by atoms with E-state index in [0.29, 0.717) is 55.6 Å². The van der Waals surface area contributed by atoms with Gasteiger partial charge in [-0.25, -0.2) is 5.43 Å². The van der Waals surface area contributed by atoms with Crippen molar-refractivity contribution >= 4 is 30.0 Å². The molecular weight excluding hydrogens is 500 g/mol. The summed E-state index contributed by atoms with van der Waals surface area (Å²) in [5, 5.41) is 4.39. The molecule has 3 aliphatic heterocycles. The third-order valence-electron chi connectivity index (χ3n) is 7.17. The van der Waals surface area contributed by atoms with Crippen molar-refractivity contribution in [2.45, 2.75) is 38.5 Å². The maximum atomic E-state index is 12.4. The maximum Gasteiger partial charge on any atom is 0.260 e. The number of methoxy groups -OCH3 is 1. The van der Waals surface area contributed by atoms with E-state index in [4.69, 9.17) is 19.2 Å². The zero-order valence-corrected chi connectivity index (χ0v) is 22.7. The molecule has 1 N–H and O–H groups in total. The van der Waals surface area contributed by atoms with Crippen LogP contribution in [0.5, 0.6) is 11.5 Å². The number of amides is 1. The highest BCUT2D eigenvalue weighted by Crippen LogP contribution is 2.28. The molecule has 1 amide bonds. The Balaban J connectivity index is 1.24. The lowest BCUT2D eigenvalue weighted by Crippen LogP contribution is -2.43. The molecule has 0 spiro atoms. The first kappa shape index (κ1) is 26.9. The molecule has 0 bridgehead atoms. The lowest BCUT2D eigenvalue weighted by Gasteiger charge is -2.30. The third-order valence-corrected chi connectivity index (χ3v) is 7.17. The van der Waals surface area contributed by atoms with Crippen molar-refractivity contribution in [1.82, 2.24) is 19.9 Å². The van der Waals surface area contributed by atoms with Gasteiger partial charge in [0.15, 0.2) is 18.1 Å². The minimum absolute atomic E-state index is 0.0521. The summed E-state index contributed by atoms with van der Waals surface area (Å²) in [6.07, 6.45) is 8.75. The summed E-state index contributed by atoms with van der Waals surface area (Å²) >= 11 is 0. The van der Waals surface area contributed by atoms with Gasteiger partial charge in [-0.05, 0) is 62.3 Å². The summed E-state index contributed by atoms with van der Waals surface area (Å²) in [6.45, 7) is 6.06. The summed E-state index contributed by atoms with van der Waals surface area (Å²) in [4.78, 5) is 32.8. The molecule has 0 radical (unpaired) electrons. The van der Waals surface area contributed by atoms with E-state index in [-0.39, 0.29) is 12.5 Å². The molecule has 0 aliphatic carbocycles. The zero-order chi connectivity index (χ0) is 26.9. The molecule has 3 fully saturated rings. The van der Waals surface area contributed by atoms with Crippen LogP contribution >= 0.6 is 0 Å². The lowest BCUT2D eigenvalue weighted by atomic mass is 10.1. The van der Waals surface area contributed by atoms with Crippen molar-refractivity contribution in [2.75, 3.05) is 81.4 Å². The van der Waals surface area contributed by atoms with E-state index in [2.05, 4.69) is 30.3 Å². The first-order valence-corrected chi connectivity index (χ1v) is 13.9. The van der Waals surface area contributed by atoms with Gasteiger partial charge >= 0.3 is 0 Å². The van der Waals surface area contributed by atoms with E-state index in [0.717, 1.165) is 57.4 Å². The number of hydrogen-bond acceptors (Lipinski definition) is 11. The highest BCUT2D eigenvalue weighted by atomic mass is 16.5. The number of piperidine rings is 2. The van der Waals surface area contributed by atoms with Crippen LogP contribution in [0.25, 0.3) is 0 Å². The lowest BCUT2D eigenvalue weighted by molar-refractivity contribution is -0.137. The Bertz CT molecular complexity index is 1090. The van der Waals surface area contributed by atoms with Gasteiger partial charge in [-0.2, -0.15) is 20.1 Å². The van der Waals surface area contributed by atoms with E-state index in [1.807, 2.05) is 12.1 Å². The number of anilines is 3. The number of nitrogens with one attached hydrogen (secondary N) is 1. The predicted molar refractivity (Wildman–Crippen MR) is 149 cm³/mol. The molecule has 1 aromatic heterocycles. The largest absolute Gasteiger partial charge is 0.493 e. The maximum absolute atomic E-state index is 12.4. The highest BCUT2D eigenvalue weighted by molar-refractivity contribution is 5.81. The molecule has 210 valence electrons. The van der Waals surface area contributed by atoms with Gasteiger partial charge in [0.25, 0.3) is 5.91 Å². The standard InChI is InChI=1S/C27H38N8O4/c1-37-23-18-21(8-9-22(23)39-20-24(36)33-14-16-38-17-15-33)19-28-32-25-29-26(34-10-4-2-5-11-34)31-27(30-25)35-12-6-3-7-13-35/h8-9,18-19H,2-7,10-17,20H2,1H3,(H,29,30,31,32). The van der Waals surface area contributed by atoms with E-state index in [1.54, 1.807) is 24.3 Å². The minimum Gasteiger partial charge on any atom is -0.493 e. The van der Waals surface area contributed by atoms with E-state index in [9.17, 15) is 4.79 Å². The van der Waals surface area contributed by atoms with E-state index in [1.165, 1.54) is 12.8 Å². The molecule has 39 heavy (non-hydrogen) atoms. The number of morpholine rings is 1.